The molecule has 10 heteroatoms. The number of nitrogens with one attached hydrogen (secondary N) is 2. The van der Waals surface area contributed by atoms with Crippen molar-refractivity contribution >= 4 is 28.7 Å². The topological polar surface area (TPSA) is 96.4 Å². The fourth-order valence-corrected chi connectivity index (χ4v) is 4.56. The van der Waals surface area contributed by atoms with Crippen LogP contribution in [0.15, 0.2) is 60.7 Å². The van der Waals surface area contributed by atoms with E-state index in [0.29, 0.717) is 28.9 Å². The number of ether oxygens (including phenoxy) is 1. The Hall–Kier alpha value is -3.47. The largest absolute Gasteiger partial charge is 0.481 e. The van der Waals surface area contributed by atoms with Gasteiger partial charge < -0.3 is 20.5 Å². The first-order valence-corrected chi connectivity index (χ1v) is 12.7. The highest BCUT2D eigenvalue weighted by molar-refractivity contribution is 7.00. The van der Waals surface area contributed by atoms with Crippen LogP contribution in [0.4, 0.5) is 8.78 Å². The number of aliphatic hydroxyl groups excluding tert-OH is 1. The number of hydrogen-bond donors (Lipinski definition) is 3. The summed E-state index contributed by atoms with van der Waals surface area (Å²) < 4.78 is 41.5. The molecule has 7 nitrogen and oxygen atoms in total. The Labute approximate surface area is 217 Å². The van der Waals surface area contributed by atoms with E-state index >= 15 is 0 Å². The second-order valence-electron chi connectivity index (χ2n) is 8.70. The zero-order valence-electron chi connectivity index (χ0n) is 20.3. The van der Waals surface area contributed by atoms with Gasteiger partial charge in [-0.15, -0.1) is 0 Å². The Bertz CT molecular complexity index is 1330. The molecule has 0 saturated heterocycles. The number of carbonyl (C=O) groups excluding carboxylic acids is 1. The predicted molar refractivity (Wildman–Crippen MR) is 138 cm³/mol. The minimum atomic E-state index is -1.03. The van der Waals surface area contributed by atoms with Crippen molar-refractivity contribution in [3.05, 3.63) is 89.0 Å². The van der Waals surface area contributed by atoms with E-state index in [4.69, 9.17) is 4.74 Å². The number of fused-ring (bicyclic) bond motifs is 1. The molecule has 4 aromatic rings. The van der Waals surface area contributed by atoms with E-state index in [-0.39, 0.29) is 19.6 Å². The van der Waals surface area contributed by atoms with E-state index < -0.39 is 29.7 Å². The average Bonchev–Trinajstić information content (AvgIpc) is 3.36. The number of nitrogens with zero attached hydrogens (tertiary/aromatic N) is 2. The smallest absolute Gasteiger partial charge is 0.258 e. The summed E-state index contributed by atoms with van der Waals surface area (Å²) in [5, 5.41) is 16.9. The average molecular weight is 527 g/mol. The third-order valence-corrected chi connectivity index (χ3v) is 6.42. The predicted octanol–water partition coefficient (Wildman–Crippen LogP) is 3.79. The molecule has 37 heavy (non-hydrogen) atoms. The van der Waals surface area contributed by atoms with Gasteiger partial charge in [-0.25, -0.2) is 8.78 Å². The summed E-state index contributed by atoms with van der Waals surface area (Å²) in [4.78, 5) is 12.7. The maximum Gasteiger partial charge on any atom is 0.258 e. The van der Waals surface area contributed by atoms with Crippen LogP contribution in [-0.2, 0) is 24.2 Å². The molecule has 1 amide bonds. The molecule has 1 heterocycles. The first-order chi connectivity index (χ1) is 17.9. The number of aromatic nitrogens is 2. The number of aliphatic hydroxyl groups is 1. The van der Waals surface area contributed by atoms with Crippen LogP contribution in [0, 0.1) is 11.6 Å². The number of carbonyl (C=O) groups is 1. The Morgan fingerprint density at radius 3 is 2.57 bits per heavy atom. The van der Waals surface area contributed by atoms with Crippen LogP contribution < -0.4 is 15.4 Å². The van der Waals surface area contributed by atoms with Gasteiger partial charge >= 0.3 is 0 Å². The summed E-state index contributed by atoms with van der Waals surface area (Å²) >= 11 is 1.05. The highest BCUT2D eigenvalue weighted by Gasteiger charge is 2.23. The molecule has 0 fully saturated rings. The summed E-state index contributed by atoms with van der Waals surface area (Å²) in [6.45, 7) is 2.43. The summed E-state index contributed by atoms with van der Waals surface area (Å²) in [6, 6.07) is 15.7. The summed E-state index contributed by atoms with van der Waals surface area (Å²) in [7, 11) is 0. The lowest BCUT2D eigenvalue weighted by atomic mass is 10.0. The maximum atomic E-state index is 13.8. The molecule has 0 unspecified atom stereocenters. The SMILES string of the molecule is CCc1cccc(CNC[C@@H](O)[C@H](Cc2cc(F)cc(F)c2)NC(=O)COc2cccc3nsnc23)c1. The molecule has 0 aliphatic heterocycles. The van der Waals surface area contributed by atoms with E-state index in [1.807, 2.05) is 12.1 Å². The highest BCUT2D eigenvalue weighted by Crippen LogP contribution is 2.23. The van der Waals surface area contributed by atoms with Gasteiger partial charge in [0, 0.05) is 19.2 Å². The van der Waals surface area contributed by atoms with Gasteiger partial charge in [0.25, 0.3) is 5.91 Å². The van der Waals surface area contributed by atoms with E-state index in [1.165, 1.54) is 17.7 Å². The second-order valence-corrected chi connectivity index (χ2v) is 9.23. The van der Waals surface area contributed by atoms with Gasteiger partial charge in [-0.2, -0.15) is 8.75 Å². The molecule has 4 rings (SSSR count). The van der Waals surface area contributed by atoms with E-state index in [9.17, 15) is 18.7 Å². The summed E-state index contributed by atoms with van der Waals surface area (Å²) in [5.74, 6) is -1.52. The van der Waals surface area contributed by atoms with Gasteiger partial charge in [-0.1, -0.05) is 37.3 Å². The molecule has 3 aromatic carbocycles. The molecule has 0 aliphatic rings. The molecule has 0 bridgehead atoms. The number of rotatable bonds is 12. The van der Waals surface area contributed by atoms with Crippen molar-refractivity contribution in [3.8, 4) is 5.75 Å². The van der Waals surface area contributed by atoms with Crippen molar-refractivity contribution in [1.29, 1.82) is 0 Å². The Kier molecular flexibility index (Phi) is 9.10. The normalized spacial score (nSPS) is 12.9. The van der Waals surface area contributed by atoms with Crippen molar-refractivity contribution in [3.63, 3.8) is 0 Å². The quantitative estimate of drug-likeness (QED) is 0.260. The third kappa shape index (κ3) is 7.51. The number of hydrogen-bond acceptors (Lipinski definition) is 7. The van der Waals surface area contributed by atoms with Crippen molar-refractivity contribution in [1.82, 2.24) is 19.4 Å². The van der Waals surface area contributed by atoms with Gasteiger partial charge in [-0.05, 0) is 53.8 Å². The van der Waals surface area contributed by atoms with Crippen LogP contribution in [0.5, 0.6) is 5.75 Å². The van der Waals surface area contributed by atoms with E-state index in [1.54, 1.807) is 18.2 Å². The van der Waals surface area contributed by atoms with Gasteiger partial charge in [0.15, 0.2) is 6.61 Å². The van der Waals surface area contributed by atoms with E-state index in [0.717, 1.165) is 29.8 Å². The van der Waals surface area contributed by atoms with Crippen molar-refractivity contribution in [2.75, 3.05) is 13.2 Å². The molecule has 194 valence electrons. The number of amides is 1. The first-order valence-electron chi connectivity index (χ1n) is 12.0. The fraction of sp³-hybridized carbons (Fsp3) is 0.296. The molecular weight excluding hydrogens is 498 g/mol. The fourth-order valence-electron chi connectivity index (χ4n) is 4.02. The zero-order valence-corrected chi connectivity index (χ0v) is 21.1. The lowest BCUT2D eigenvalue weighted by Gasteiger charge is -2.25. The zero-order chi connectivity index (χ0) is 26.2. The van der Waals surface area contributed by atoms with Gasteiger partial charge in [0.05, 0.1) is 23.9 Å². The summed E-state index contributed by atoms with van der Waals surface area (Å²) in [6.07, 6.45) is -0.0828. The monoisotopic (exact) mass is 526 g/mol. The van der Waals surface area contributed by atoms with Gasteiger partial charge in [-0.3, -0.25) is 4.79 Å². The summed E-state index contributed by atoms with van der Waals surface area (Å²) in [5.41, 5.74) is 3.82. The van der Waals surface area contributed by atoms with Crippen LogP contribution in [0.25, 0.3) is 11.0 Å². The Balaban J connectivity index is 1.40. The van der Waals surface area contributed by atoms with E-state index in [2.05, 4.69) is 38.4 Å². The molecule has 2 atom stereocenters. The number of benzene rings is 3. The highest BCUT2D eigenvalue weighted by atomic mass is 32.1. The molecule has 0 radical (unpaired) electrons. The Morgan fingerprint density at radius 2 is 1.78 bits per heavy atom. The molecule has 0 aliphatic carbocycles. The molecule has 0 spiro atoms. The minimum absolute atomic E-state index is 0.0280. The standard InChI is InChI=1S/C27H28F2N4O3S/c1-2-17-5-3-6-18(9-17)14-30-15-24(34)23(12-19-10-20(28)13-21(29)11-19)31-26(35)16-36-25-8-4-7-22-27(25)33-37-32-22/h3-11,13,23-24,30,34H,2,12,14-16H2,1H3,(H,31,35)/t23-,24+/m0/s1. The number of aryl methyl sites for hydroxylation is 1. The Morgan fingerprint density at radius 1 is 1.03 bits per heavy atom. The molecular formula is C27H28F2N4O3S. The van der Waals surface area contributed by atoms with Crippen LogP contribution in [0.2, 0.25) is 0 Å². The van der Waals surface area contributed by atoms with Crippen molar-refractivity contribution in [2.24, 2.45) is 0 Å². The van der Waals surface area contributed by atoms with Crippen molar-refractivity contribution in [2.45, 2.75) is 38.5 Å². The lowest BCUT2D eigenvalue weighted by molar-refractivity contribution is -0.124. The first kappa shape index (κ1) is 26.6. The van der Waals surface area contributed by atoms with Gasteiger partial charge in [0.1, 0.15) is 28.4 Å². The molecule has 0 saturated carbocycles. The molecule has 3 N–H and O–H groups in total. The van der Waals surface area contributed by atoms with Crippen LogP contribution >= 0.6 is 11.7 Å². The van der Waals surface area contributed by atoms with Gasteiger partial charge in [0.2, 0.25) is 0 Å². The third-order valence-electron chi connectivity index (χ3n) is 5.88. The van der Waals surface area contributed by atoms with Crippen molar-refractivity contribution < 1.29 is 23.4 Å². The molecule has 1 aromatic heterocycles. The number of halogens is 2. The van der Waals surface area contributed by atoms with Crippen LogP contribution in [-0.4, -0.2) is 45.1 Å². The van der Waals surface area contributed by atoms with Crippen LogP contribution in [0.3, 0.4) is 0 Å². The van der Waals surface area contributed by atoms with Crippen LogP contribution in [0.1, 0.15) is 23.6 Å². The second kappa shape index (κ2) is 12.7. The lowest BCUT2D eigenvalue weighted by Crippen LogP contribution is -2.49. The minimum Gasteiger partial charge on any atom is -0.481 e. The maximum absolute atomic E-state index is 13.8.